The van der Waals surface area contributed by atoms with Crippen LogP contribution in [0.4, 0.5) is 0 Å². The van der Waals surface area contributed by atoms with Gasteiger partial charge in [-0.1, -0.05) is 271 Å². The zero-order valence-electron chi connectivity index (χ0n) is 36.6. The van der Waals surface area contributed by atoms with Gasteiger partial charge in [0.15, 0.2) is 0 Å². The number of aliphatic hydroxyl groups is 2. The van der Waals surface area contributed by atoms with E-state index in [1.54, 1.807) is 0 Å². The lowest BCUT2D eigenvalue weighted by Crippen LogP contribution is -2.45. The van der Waals surface area contributed by atoms with E-state index in [9.17, 15) is 15.0 Å². The molecule has 318 valence electrons. The minimum Gasteiger partial charge on any atom is -0.394 e. The Kier molecular flexibility index (Phi) is 45.3. The van der Waals surface area contributed by atoms with Crippen LogP contribution in [-0.2, 0) is 4.79 Å². The second-order valence-electron chi connectivity index (χ2n) is 17.3. The summed E-state index contributed by atoms with van der Waals surface area (Å²) in [5.41, 5.74) is 0. The summed E-state index contributed by atoms with van der Waals surface area (Å²) in [6, 6.07) is -0.529. The first-order valence-corrected chi connectivity index (χ1v) is 24.7. The van der Waals surface area contributed by atoms with Gasteiger partial charge in [-0.25, -0.2) is 0 Å². The summed E-state index contributed by atoms with van der Waals surface area (Å²) in [6.45, 7) is 4.37. The van der Waals surface area contributed by atoms with Gasteiger partial charge in [-0.2, -0.15) is 0 Å². The van der Waals surface area contributed by atoms with Crippen molar-refractivity contribution in [1.82, 2.24) is 5.32 Å². The molecule has 4 nitrogen and oxygen atoms in total. The molecule has 0 aromatic rings. The van der Waals surface area contributed by atoms with E-state index < -0.39 is 12.1 Å². The number of carbonyl (C=O) groups is 1. The smallest absolute Gasteiger partial charge is 0.220 e. The predicted molar refractivity (Wildman–Crippen MR) is 235 cm³/mol. The van der Waals surface area contributed by atoms with E-state index in [2.05, 4.69) is 19.2 Å². The number of carbonyl (C=O) groups excluding carboxylic acids is 1. The van der Waals surface area contributed by atoms with Gasteiger partial charge < -0.3 is 15.5 Å². The highest BCUT2D eigenvalue weighted by atomic mass is 16.3. The molecule has 0 saturated carbocycles. The first-order valence-electron chi connectivity index (χ1n) is 24.7. The normalized spacial score (nSPS) is 12.8. The molecule has 0 aliphatic carbocycles. The lowest BCUT2D eigenvalue weighted by Gasteiger charge is -2.22. The summed E-state index contributed by atoms with van der Waals surface area (Å²) in [6.07, 6.45) is 56.5. The molecular weight excluding hydrogens is 651 g/mol. The molecule has 4 heteroatoms. The molecule has 0 heterocycles. The van der Waals surface area contributed by atoms with Crippen LogP contribution >= 0.6 is 0 Å². The molecule has 3 N–H and O–H groups in total. The second kappa shape index (κ2) is 45.8. The van der Waals surface area contributed by atoms with Gasteiger partial charge in [-0.05, 0) is 12.8 Å². The minimum atomic E-state index is -0.653. The highest BCUT2D eigenvalue weighted by molar-refractivity contribution is 5.76. The van der Waals surface area contributed by atoms with Crippen molar-refractivity contribution in [2.75, 3.05) is 6.61 Å². The lowest BCUT2D eigenvalue weighted by molar-refractivity contribution is -0.123. The van der Waals surface area contributed by atoms with Crippen molar-refractivity contribution >= 4 is 5.91 Å². The fourth-order valence-electron chi connectivity index (χ4n) is 8.07. The van der Waals surface area contributed by atoms with Crippen LogP contribution in [0.2, 0.25) is 0 Å². The van der Waals surface area contributed by atoms with E-state index in [4.69, 9.17) is 0 Å². The maximum Gasteiger partial charge on any atom is 0.220 e. The van der Waals surface area contributed by atoms with Gasteiger partial charge in [0, 0.05) is 6.42 Å². The average molecular weight is 750 g/mol. The largest absolute Gasteiger partial charge is 0.394 e. The highest BCUT2D eigenvalue weighted by Gasteiger charge is 2.20. The van der Waals surface area contributed by atoms with Gasteiger partial charge >= 0.3 is 0 Å². The molecule has 2 unspecified atom stereocenters. The van der Waals surface area contributed by atoms with Gasteiger partial charge in [0.05, 0.1) is 18.8 Å². The molecule has 0 bridgehead atoms. The molecular formula is C49H99NO3. The third kappa shape index (κ3) is 42.4. The minimum absolute atomic E-state index is 0.0280. The van der Waals surface area contributed by atoms with Crippen LogP contribution in [0.3, 0.4) is 0 Å². The number of hydrogen-bond donors (Lipinski definition) is 3. The average Bonchev–Trinajstić information content (AvgIpc) is 3.16. The monoisotopic (exact) mass is 750 g/mol. The van der Waals surface area contributed by atoms with Crippen LogP contribution < -0.4 is 5.32 Å². The van der Waals surface area contributed by atoms with Crippen molar-refractivity contribution in [1.29, 1.82) is 0 Å². The second-order valence-corrected chi connectivity index (χ2v) is 17.3. The van der Waals surface area contributed by atoms with Gasteiger partial charge in [-0.15, -0.1) is 0 Å². The molecule has 2 atom stereocenters. The Morgan fingerprint density at radius 3 is 0.849 bits per heavy atom. The highest BCUT2D eigenvalue weighted by Crippen LogP contribution is 2.18. The maximum atomic E-state index is 12.4. The maximum absolute atomic E-state index is 12.4. The van der Waals surface area contributed by atoms with Crippen molar-refractivity contribution in [3.8, 4) is 0 Å². The zero-order chi connectivity index (χ0) is 38.6. The van der Waals surface area contributed by atoms with E-state index in [1.165, 1.54) is 238 Å². The number of nitrogens with one attached hydrogen (secondary N) is 1. The number of aliphatic hydroxyl groups excluding tert-OH is 2. The third-order valence-electron chi connectivity index (χ3n) is 11.9. The molecule has 0 aromatic carbocycles. The standard InChI is InChI=1S/C49H99NO3/c1-3-5-7-9-11-13-15-16-17-18-19-20-21-22-23-24-25-26-27-28-29-30-31-32-33-35-36-38-40-42-44-48(52)47(46-51)50-49(53)45-43-41-39-37-34-14-12-10-8-6-4-2/h47-48,51-52H,3-46H2,1-2H3,(H,50,53). The molecule has 0 rings (SSSR count). The molecule has 0 aromatic heterocycles. The summed E-state index contributed by atoms with van der Waals surface area (Å²) < 4.78 is 0. The fourth-order valence-corrected chi connectivity index (χ4v) is 8.07. The molecule has 0 fully saturated rings. The molecule has 0 saturated heterocycles. The van der Waals surface area contributed by atoms with Crippen molar-refractivity contribution in [3.05, 3.63) is 0 Å². The lowest BCUT2D eigenvalue weighted by atomic mass is 10.0. The van der Waals surface area contributed by atoms with Crippen molar-refractivity contribution in [2.24, 2.45) is 0 Å². The summed E-state index contributed by atoms with van der Waals surface area (Å²) >= 11 is 0. The molecule has 0 aliphatic rings. The number of rotatable bonds is 46. The van der Waals surface area contributed by atoms with E-state index in [-0.39, 0.29) is 12.5 Å². The van der Waals surface area contributed by atoms with Crippen LogP contribution in [0, 0.1) is 0 Å². The van der Waals surface area contributed by atoms with Crippen molar-refractivity contribution in [3.63, 3.8) is 0 Å². The van der Waals surface area contributed by atoms with Gasteiger partial charge in [-0.3, -0.25) is 4.79 Å². The molecule has 0 aliphatic heterocycles. The Morgan fingerprint density at radius 1 is 0.377 bits per heavy atom. The van der Waals surface area contributed by atoms with Crippen LogP contribution in [0.1, 0.15) is 290 Å². The molecule has 0 radical (unpaired) electrons. The Bertz CT molecular complexity index is 685. The predicted octanol–water partition coefficient (Wildman–Crippen LogP) is 15.6. The third-order valence-corrected chi connectivity index (χ3v) is 11.9. The molecule has 53 heavy (non-hydrogen) atoms. The molecule has 0 spiro atoms. The Balaban J connectivity index is 3.36. The van der Waals surface area contributed by atoms with Crippen LogP contribution in [0.25, 0.3) is 0 Å². The van der Waals surface area contributed by atoms with Crippen molar-refractivity contribution in [2.45, 2.75) is 302 Å². The van der Waals surface area contributed by atoms with Gasteiger partial charge in [0.2, 0.25) is 5.91 Å². The Morgan fingerprint density at radius 2 is 0.604 bits per heavy atom. The van der Waals surface area contributed by atoms with E-state index >= 15 is 0 Å². The quantitative estimate of drug-likeness (QED) is 0.0543. The number of hydrogen-bond acceptors (Lipinski definition) is 3. The van der Waals surface area contributed by atoms with Gasteiger partial charge in [0.25, 0.3) is 0 Å². The van der Waals surface area contributed by atoms with Crippen LogP contribution in [-0.4, -0.2) is 34.9 Å². The first kappa shape index (κ1) is 52.4. The summed E-state index contributed by atoms with van der Waals surface area (Å²) in [4.78, 5) is 12.4. The zero-order valence-corrected chi connectivity index (χ0v) is 36.6. The van der Waals surface area contributed by atoms with E-state index in [0.717, 1.165) is 25.7 Å². The summed E-state index contributed by atoms with van der Waals surface area (Å²) in [5.74, 6) is -0.0280. The summed E-state index contributed by atoms with van der Waals surface area (Å²) in [7, 11) is 0. The van der Waals surface area contributed by atoms with Crippen LogP contribution in [0.5, 0.6) is 0 Å². The SMILES string of the molecule is CCCCCCCCCCCCCCCCCCCCCCCCCCCCCCCCC(O)C(CO)NC(=O)CCCCCCCCCCCCC. The topological polar surface area (TPSA) is 69.6 Å². The Hall–Kier alpha value is -0.610. The van der Waals surface area contributed by atoms with Gasteiger partial charge in [0.1, 0.15) is 0 Å². The van der Waals surface area contributed by atoms with E-state index in [1.807, 2.05) is 0 Å². The van der Waals surface area contributed by atoms with Crippen molar-refractivity contribution < 1.29 is 15.0 Å². The Labute approximate surface area is 334 Å². The van der Waals surface area contributed by atoms with E-state index in [0.29, 0.717) is 12.8 Å². The summed E-state index contributed by atoms with van der Waals surface area (Å²) in [5, 5.41) is 23.2. The number of unbranched alkanes of at least 4 members (excludes halogenated alkanes) is 39. The van der Waals surface area contributed by atoms with Crippen LogP contribution in [0.15, 0.2) is 0 Å². The first-order chi connectivity index (χ1) is 26.2. The number of amides is 1. The molecule has 1 amide bonds. The fraction of sp³-hybridized carbons (Fsp3) is 0.980.